The van der Waals surface area contributed by atoms with Crippen LogP contribution < -0.4 is 0 Å². The second kappa shape index (κ2) is 4.49. The van der Waals surface area contributed by atoms with Crippen molar-refractivity contribution in [3.05, 3.63) is 53.3 Å². The van der Waals surface area contributed by atoms with Gasteiger partial charge in [-0.25, -0.2) is 9.78 Å². The molecule has 0 spiro atoms. The average molecular weight is 267 g/mol. The summed E-state index contributed by atoms with van der Waals surface area (Å²) in [6.07, 6.45) is 1.54. The zero-order chi connectivity index (χ0) is 14.3. The molecule has 2 aromatic heterocycles. The molecule has 0 saturated carbocycles. The van der Waals surface area contributed by atoms with Crippen molar-refractivity contribution >= 4 is 16.9 Å². The van der Waals surface area contributed by atoms with Gasteiger partial charge in [-0.05, 0) is 49.2 Å². The number of aromatic nitrogens is 1. The number of aryl methyl sites for hydroxylation is 2. The van der Waals surface area contributed by atoms with E-state index in [9.17, 15) is 9.90 Å². The van der Waals surface area contributed by atoms with E-state index in [2.05, 4.69) is 4.98 Å². The van der Waals surface area contributed by atoms with Crippen LogP contribution in [0.15, 0.2) is 41.0 Å². The molecule has 0 aliphatic carbocycles. The Hall–Kier alpha value is -2.62. The van der Waals surface area contributed by atoms with E-state index >= 15 is 0 Å². The average Bonchev–Trinajstić information content (AvgIpc) is 2.90. The number of fused-ring (bicyclic) bond motifs is 1. The van der Waals surface area contributed by atoms with Gasteiger partial charge in [0.05, 0.1) is 17.3 Å². The van der Waals surface area contributed by atoms with Crippen molar-refractivity contribution < 1.29 is 14.3 Å². The molecule has 0 amide bonds. The lowest BCUT2D eigenvalue weighted by Crippen LogP contribution is -2.01. The number of benzene rings is 1. The SMILES string of the molecule is Cc1cc(C)c2c(C(=O)O)cc(-c3ccco3)nc2c1. The zero-order valence-electron chi connectivity index (χ0n) is 11.2. The first-order valence-corrected chi connectivity index (χ1v) is 6.25. The molecule has 1 N–H and O–H groups in total. The van der Waals surface area contributed by atoms with Gasteiger partial charge in [-0.3, -0.25) is 0 Å². The molecular formula is C16H13NO3. The Morgan fingerprint density at radius 2 is 2.05 bits per heavy atom. The minimum atomic E-state index is -0.961. The molecule has 2 heterocycles. The van der Waals surface area contributed by atoms with Crippen molar-refractivity contribution in [2.75, 3.05) is 0 Å². The fourth-order valence-electron chi connectivity index (χ4n) is 2.47. The number of hydrogen-bond donors (Lipinski definition) is 1. The lowest BCUT2D eigenvalue weighted by atomic mass is 10.00. The van der Waals surface area contributed by atoms with E-state index in [4.69, 9.17) is 4.42 Å². The molecule has 100 valence electrons. The number of hydrogen-bond acceptors (Lipinski definition) is 3. The van der Waals surface area contributed by atoms with Gasteiger partial charge in [0.2, 0.25) is 0 Å². The number of carboxylic acids is 1. The molecule has 0 bridgehead atoms. The van der Waals surface area contributed by atoms with Crippen molar-refractivity contribution in [2.45, 2.75) is 13.8 Å². The molecule has 0 unspecified atom stereocenters. The highest BCUT2D eigenvalue weighted by Crippen LogP contribution is 2.28. The Morgan fingerprint density at radius 3 is 2.70 bits per heavy atom. The number of furan rings is 1. The first-order valence-electron chi connectivity index (χ1n) is 6.25. The second-order valence-electron chi connectivity index (χ2n) is 4.81. The molecule has 0 atom stereocenters. The van der Waals surface area contributed by atoms with Crippen molar-refractivity contribution in [1.82, 2.24) is 4.98 Å². The summed E-state index contributed by atoms with van der Waals surface area (Å²) in [5.74, 6) is -0.397. The Balaban J connectivity index is 2.40. The van der Waals surface area contributed by atoms with Gasteiger partial charge in [0.15, 0.2) is 5.76 Å². The largest absolute Gasteiger partial charge is 0.478 e. The maximum Gasteiger partial charge on any atom is 0.336 e. The van der Waals surface area contributed by atoms with Crippen LogP contribution in [0.2, 0.25) is 0 Å². The van der Waals surface area contributed by atoms with Gasteiger partial charge in [0.25, 0.3) is 0 Å². The quantitative estimate of drug-likeness (QED) is 0.766. The van der Waals surface area contributed by atoms with Crippen molar-refractivity contribution in [3.8, 4) is 11.5 Å². The third-order valence-electron chi connectivity index (χ3n) is 3.25. The predicted molar refractivity (Wildman–Crippen MR) is 75.9 cm³/mol. The van der Waals surface area contributed by atoms with Crippen LogP contribution in [-0.4, -0.2) is 16.1 Å². The monoisotopic (exact) mass is 267 g/mol. The summed E-state index contributed by atoms with van der Waals surface area (Å²) < 4.78 is 5.31. The maximum atomic E-state index is 11.5. The van der Waals surface area contributed by atoms with Gasteiger partial charge in [0, 0.05) is 5.39 Å². The number of carboxylic acid groups (broad SMARTS) is 1. The molecule has 20 heavy (non-hydrogen) atoms. The number of aromatic carboxylic acids is 1. The van der Waals surface area contributed by atoms with Crippen LogP contribution in [0.3, 0.4) is 0 Å². The summed E-state index contributed by atoms with van der Waals surface area (Å²) in [7, 11) is 0. The molecule has 3 rings (SSSR count). The van der Waals surface area contributed by atoms with Gasteiger partial charge in [-0.15, -0.1) is 0 Å². The molecule has 0 saturated heterocycles. The summed E-state index contributed by atoms with van der Waals surface area (Å²) in [6, 6.07) is 8.93. The molecule has 0 aliphatic heterocycles. The Kier molecular flexibility index (Phi) is 2.79. The lowest BCUT2D eigenvalue weighted by molar-refractivity contribution is 0.0699. The fourth-order valence-corrected chi connectivity index (χ4v) is 2.47. The molecule has 0 radical (unpaired) electrons. The van der Waals surface area contributed by atoms with Crippen LogP contribution in [0.5, 0.6) is 0 Å². The maximum absolute atomic E-state index is 11.5. The summed E-state index contributed by atoms with van der Waals surface area (Å²) in [6.45, 7) is 3.87. The zero-order valence-corrected chi connectivity index (χ0v) is 11.2. The number of rotatable bonds is 2. The summed E-state index contributed by atoms with van der Waals surface area (Å²) >= 11 is 0. The van der Waals surface area contributed by atoms with Crippen LogP contribution in [0.1, 0.15) is 21.5 Å². The first-order chi connectivity index (χ1) is 9.56. The number of nitrogens with zero attached hydrogens (tertiary/aromatic N) is 1. The standard InChI is InChI=1S/C16H13NO3/c1-9-6-10(2)15-11(16(18)19)8-12(17-13(15)7-9)14-4-3-5-20-14/h3-8H,1-2H3,(H,18,19). The van der Waals surface area contributed by atoms with Gasteiger partial charge < -0.3 is 9.52 Å². The van der Waals surface area contributed by atoms with Gasteiger partial charge in [-0.2, -0.15) is 0 Å². The molecule has 4 nitrogen and oxygen atoms in total. The van der Waals surface area contributed by atoms with Gasteiger partial charge >= 0.3 is 5.97 Å². The Bertz CT molecular complexity index is 804. The number of pyridine rings is 1. The smallest absolute Gasteiger partial charge is 0.336 e. The molecule has 0 aliphatic rings. The predicted octanol–water partition coefficient (Wildman–Crippen LogP) is 3.81. The van der Waals surface area contributed by atoms with Gasteiger partial charge in [0.1, 0.15) is 5.69 Å². The lowest BCUT2D eigenvalue weighted by Gasteiger charge is -2.09. The van der Waals surface area contributed by atoms with Crippen LogP contribution in [0.25, 0.3) is 22.4 Å². The minimum Gasteiger partial charge on any atom is -0.478 e. The van der Waals surface area contributed by atoms with E-state index in [-0.39, 0.29) is 5.56 Å². The Morgan fingerprint density at radius 1 is 1.25 bits per heavy atom. The van der Waals surface area contributed by atoms with E-state index < -0.39 is 5.97 Å². The van der Waals surface area contributed by atoms with Crippen LogP contribution in [-0.2, 0) is 0 Å². The molecule has 1 aromatic carbocycles. The molecule has 4 heteroatoms. The van der Waals surface area contributed by atoms with E-state index in [1.165, 1.54) is 0 Å². The second-order valence-corrected chi connectivity index (χ2v) is 4.81. The molecule has 0 fully saturated rings. The van der Waals surface area contributed by atoms with Gasteiger partial charge in [-0.1, -0.05) is 6.07 Å². The highest BCUT2D eigenvalue weighted by molar-refractivity contribution is 6.05. The summed E-state index contributed by atoms with van der Waals surface area (Å²) in [5, 5.41) is 10.1. The third kappa shape index (κ3) is 1.95. The molecule has 3 aromatic rings. The molecular weight excluding hydrogens is 254 g/mol. The van der Waals surface area contributed by atoms with Crippen molar-refractivity contribution in [3.63, 3.8) is 0 Å². The highest BCUT2D eigenvalue weighted by Gasteiger charge is 2.16. The van der Waals surface area contributed by atoms with Crippen molar-refractivity contribution in [1.29, 1.82) is 0 Å². The highest BCUT2D eigenvalue weighted by atomic mass is 16.4. The van der Waals surface area contributed by atoms with Crippen molar-refractivity contribution in [2.24, 2.45) is 0 Å². The summed E-state index contributed by atoms with van der Waals surface area (Å²) in [5.41, 5.74) is 3.42. The van der Waals surface area contributed by atoms with Crippen LogP contribution in [0.4, 0.5) is 0 Å². The fraction of sp³-hybridized carbons (Fsp3) is 0.125. The normalized spacial score (nSPS) is 10.9. The summed E-state index contributed by atoms with van der Waals surface area (Å²) in [4.78, 5) is 16.0. The van der Waals surface area contributed by atoms with E-state index in [0.29, 0.717) is 22.4 Å². The van der Waals surface area contributed by atoms with Crippen LogP contribution in [0, 0.1) is 13.8 Å². The first kappa shape index (κ1) is 12.4. The topological polar surface area (TPSA) is 63.3 Å². The van der Waals surface area contributed by atoms with E-state index in [1.54, 1.807) is 24.5 Å². The van der Waals surface area contributed by atoms with E-state index in [0.717, 1.165) is 11.1 Å². The van der Waals surface area contributed by atoms with E-state index in [1.807, 2.05) is 26.0 Å². The third-order valence-corrected chi connectivity index (χ3v) is 3.25. The number of carbonyl (C=O) groups is 1. The van der Waals surface area contributed by atoms with Crippen LogP contribution >= 0.6 is 0 Å². The minimum absolute atomic E-state index is 0.249. The Labute approximate surface area is 115 Å².